The predicted octanol–water partition coefficient (Wildman–Crippen LogP) is 4.71. The van der Waals surface area contributed by atoms with Gasteiger partial charge >= 0.3 is 0 Å². The van der Waals surface area contributed by atoms with Crippen molar-refractivity contribution in [2.75, 3.05) is 30.7 Å². The highest BCUT2D eigenvalue weighted by Crippen LogP contribution is 2.21. The molecule has 1 amide bonds. The molecule has 6 heteroatoms. The van der Waals surface area contributed by atoms with Gasteiger partial charge in [-0.3, -0.25) is 4.79 Å². The molecule has 3 rings (SSSR count). The number of nitrogens with zero attached hydrogens (tertiary/aromatic N) is 2. The number of hydrogen-bond acceptors (Lipinski definition) is 4. The molecule has 1 aromatic heterocycles. The molecule has 1 aromatic carbocycles. The Hall–Kier alpha value is -1.72. The molecular formula is C20H24ClN3OS. The molecule has 0 atom stereocenters. The monoisotopic (exact) mass is 389 g/mol. The third kappa shape index (κ3) is 5.39. The lowest BCUT2D eigenvalue weighted by Gasteiger charge is -2.15. The smallest absolute Gasteiger partial charge is 0.254 e. The van der Waals surface area contributed by atoms with Gasteiger partial charge in [-0.05, 0) is 48.8 Å². The molecule has 0 aliphatic carbocycles. The van der Waals surface area contributed by atoms with Crippen LogP contribution in [0.4, 0.5) is 5.82 Å². The topological polar surface area (TPSA) is 45.2 Å². The summed E-state index contributed by atoms with van der Waals surface area (Å²) in [6, 6.07) is 11.6. The molecule has 0 unspecified atom stereocenters. The maximum atomic E-state index is 12.4. The summed E-state index contributed by atoms with van der Waals surface area (Å²) in [7, 11) is 0. The molecule has 138 valence electrons. The van der Waals surface area contributed by atoms with Crippen molar-refractivity contribution in [3.63, 3.8) is 0 Å². The highest BCUT2D eigenvalue weighted by molar-refractivity contribution is 7.98. The van der Waals surface area contributed by atoms with Crippen molar-refractivity contribution in [3.05, 3.63) is 58.7 Å². The molecule has 0 bridgehead atoms. The lowest BCUT2D eigenvalue weighted by molar-refractivity contribution is 0.0793. The van der Waals surface area contributed by atoms with Gasteiger partial charge in [0.05, 0.1) is 0 Å². The van der Waals surface area contributed by atoms with E-state index < -0.39 is 0 Å². The molecule has 26 heavy (non-hydrogen) atoms. The van der Waals surface area contributed by atoms with E-state index in [1.54, 1.807) is 12.3 Å². The summed E-state index contributed by atoms with van der Waals surface area (Å²) in [4.78, 5) is 18.7. The van der Waals surface area contributed by atoms with E-state index in [-0.39, 0.29) is 5.91 Å². The Bertz CT molecular complexity index is 735. The van der Waals surface area contributed by atoms with E-state index in [1.165, 1.54) is 5.56 Å². The third-order valence-electron chi connectivity index (χ3n) is 4.39. The summed E-state index contributed by atoms with van der Waals surface area (Å²) in [6.07, 6.45) is 4.94. The Morgan fingerprint density at radius 2 is 2.04 bits per heavy atom. The lowest BCUT2D eigenvalue weighted by atomic mass is 10.2. The van der Waals surface area contributed by atoms with Crippen molar-refractivity contribution in [1.29, 1.82) is 0 Å². The van der Waals surface area contributed by atoms with E-state index in [1.807, 2.05) is 40.9 Å². The first-order valence-corrected chi connectivity index (χ1v) is 10.6. The first kappa shape index (κ1) is 19.1. The number of benzene rings is 1. The van der Waals surface area contributed by atoms with Crippen LogP contribution in [0.5, 0.6) is 0 Å². The molecular weight excluding hydrogens is 366 g/mol. The minimum absolute atomic E-state index is 0.114. The van der Waals surface area contributed by atoms with Gasteiger partial charge in [0.2, 0.25) is 0 Å². The number of carbonyl (C=O) groups is 1. The SMILES string of the molecule is O=C(c1ccnc(NCCCSCc2ccccc2Cl)c1)N1CCCC1. The fourth-order valence-electron chi connectivity index (χ4n) is 2.95. The van der Waals surface area contributed by atoms with Gasteiger partial charge in [0.25, 0.3) is 5.91 Å². The van der Waals surface area contributed by atoms with Gasteiger partial charge in [0.15, 0.2) is 0 Å². The number of rotatable bonds is 8. The molecule has 1 aliphatic rings. The van der Waals surface area contributed by atoms with Crippen LogP contribution >= 0.6 is 23.4 Å². The number of likely N-dealkylation sites (tertiary alicyclic amines) is 1. The second kappa shape index (κ2) is 9.83. The Balaban J connectivity index is 1.39. The van der Waals surface area contributed by atoms with Gasteiger partial charge in [0, 0.05) is 42.2 Å². The lowest BCUT2D eigenvalue weighted by Crippen LogP contribution is -2.27. The van der Waals surface area contributed by atoms with Gasteiger partial charge in [0.1, 0.15) is 5.82 Å². The molecule has 1 fully saturated rings. The summed E-state index contributed by atoms with van der Waals surface area (Å²) in [5, 5.41) is 4.15. The second-order valence-corrected chi connectivity index (χ2v) is 7.87. The molecule has 1 saturated heterocycles. The summed E-state index contributed by atoms with van der Waals surface area (Å²) < 4.78 is 0. The molecule has 2 aromatic rings. The highest BCUT2D eigenvalue weighted by Gasteiger charge is 2.19. The van der Waals surface area contributed by atoms with Gasteiger partial charge in [-0.15, -0.1) is 0 Å². The van der Waals surface area contributed by atoms with Crippen molar-refractivity contribution in [2.24, 2.45) is 0 Å². The van der Waals surface area contributed by atoms with Crippen LogP contribution in [-0.4, -0.2) is 41.2 Å². The Morgan fingerprint density at radius 3 is 2.85 bits per heavy atom. The zero-order valence-corrected chi connectivity index (χ0v) is 16.4. The summed E-state index contributed by atoms with van der Waals surface area (Å²) in [5.41, 5.74) is 1.90. The van der Waals surface area contributed by atoms with E-state index in [0.29, 0.717) is 0 Å². The largest absolute Gasteiger partial charge is 0.370 e. The number of aromatic nitrogens is 1. The minimum atomic E-state index is 0.114. The van der Waals surface area contributed by atoms with Crippen molar-refractivity contribution >= 4 is 35.1 Å². The minimum Gasteiger partial charge on any atom is -0.370 e. The van der Waals surface area contributed by atoms with Gasteiger partial charge in [-0.1, -0.05) is 29.8 Å². The fraction of sp³-hybridized carbons (Fsp3) is 0.400. The van der Waals surface area contributed by atoms with Crippen LogP contribution in [0.25, 0.3) is 0 Å². The maximum absolute atomic E-state index is 12.4. The number of halogens is 1. The molecule has 0 radical (unpaired) electrons. The summed E-state index contributed by atoms with van der Waals surface area (Å²) in [5.74, 6) is 2.86. The van der Waals surface area contributed by atoms with Gasteiger partial charge < -0.3 is 10.2 Å². The fourth-order valence-corrected chi connectivity index (χ4v) is 4.20. The summed E-state index contributed by atoms with van der Waals surface area (Å²) >= 11 is 8.04. The standard InChI is InChI=1S/C20H24ClN3OS/c21-18-7-2-1-6-17(18)15-26-13-5-9-22-19-14-16(8-10-23-19)20(25)24-11-3-4-12-24/h1-2,6-8,10,14H,3-5,9,11-13,15H2,(H,22,23). The zero-order chi connectivity index (χ0) is 18.2. The van der Waals surface area contributed by atoms with Crippen LogP contribution in [0.1, 0.15) is 35.2 Å². The Kier molecular flexibility index (Phi) is 7.21. The number of carbonyl (C=O) groups excluding carboxylic acids is 1. The summed E-state index contributed by atoms with van der Waals surface area (Å²) in [6.45, 7) is 2.57. The van der Waals surface area contributed by atoms with Crippen molar-refractivity contribution < 1.29 is 4.79 Å². The average Bonchev–Trinajstić information content (AvgIpc) is 3.20. The van der Waals surface area contributed by atoms with Crippen LogP contribution in [0.15, 0.2) is 42.6 Å². The Morgan fingerprint density at radius 1 is 1.23 bits per heavy atom. The molecule has 1 aliphatic heterocycles. The van der Waals surface area contributed by atoms with Crippen molar-refractivity contribution in [2.45, 2.75) is 25.0 Å². The first-order chi connectivity index (χ1) is 12.7. The maximum Gasteiger partial charge on any atom is 0.254 e. The van der Waals surface area contributed by atoms with Gasteiger partial charge in [-0.25, -0.2) is 4.98 Å². The van der Waals surface area contributed by atoms with Crippen LogP contribution in [0.2, 0.25) is 5.02 Å². The normalized spacial score (nSPS) is 13.8. The Labute approximate surface area is 164 Å². The van der Waals surface area contributed by atoms with E-state index >= 15 is 0 Å². The zero-order valence-electron chi connectivity index (χ0n) is 14.8. The van der Waals surface area contributed by atoms with Crippen LogP contribution in [0.3, 0.4) is 0 Å². The number of hydrogen-bond donors (Lipinski definition) is 1. The molecule has 1 N–H and O–H groups in total. The predicted molar refractivity (Wildman–Crippen MR) is 110 cm³/mol. The molecule has 0 spiro atoms. The average molecular weight is 390 g/mol. The molecule has 0 saturated carbocycles. The number of pyridine rings is 1. The van der Waals surface area contributed by atoms with E-state index in [9.17, 15) is 4.79 Å². The van der Waals surface area contributed by atoms with Crippen molar-refractivity contribution in [1.82, 2.24) is 9.88 Å². The number of amides is 1. The number of thioether (sulfide) groups is 1. The van der Waals surface area contributed by atoms with Crippen LogP contribution < -0.4 is 5.32 Å². The second-order valence-electron chi connectivity index (χ2n) is 6.35. The van der Waals surface area contributed by atoms with Crippen molar-refractivity contribution in [3.8, 4) is 0 Å². The third-order valence-corrected chi connectivity index (χ3v) is 5.85. The quantitative estimate of drug-likeness (QED) is 0.664. The van der Waals surface area contributed by atoms with E-state index in [4.69, 9.17) is 11.6 Å². The number of nitrogens with one attached hydrogen (secondary N) is 1. The number of anilines is 1. The van der Waals surface area contributed by atoms with Crippen LogP contribution in [0, 0.1) is 0 Å². The molecule has 2 heterocycles. The highest BCUT2D eigenvalue weighted by atomic mass is 35.5. The van der Waals surface area contributed by atoms with Gasteiger partial charge in [-0.2, -0.15) is 11.8 Å². The molecule has 4 nitrogen and oxygen atoms in total. The van der Waals surface area contributed by atoms with E-state index in [0.717, 1.165) is 66.8 Å². The van der Waals surface area contributed by atoms with Crippen LogP contribution in [-0.2, 0) is 5.75 Å². The first-order valence-electron chi connectivity index (χ1n) is 9.04. The van der Waals surface area contributed by atoms with E-state index in [2.05, 4.69) is 16.4 Å².